The molecule has 0 spiro atoms. The molecule has 6 heteroatoms. The van der Waals surface area contributed by atoms with E-state index in [2.05, 4.69) is 22.0 Å². The summed E-state index contributed by atoms with van der Waals surface area (Å²) in [5, 5.41) is 0. The number of benzene rings is 2. The number of ether oxygens (including phenoxy) is 1. The molecule has 2 aromatic carbocycles. The molecule has 1 atom stereocenters. The van der Waals surface area contributed by atoms with E-state index in [0.717, 1.165) is 24.4 Å². The number of primary amides is 1. The summed E-state index contributed by atoms with van der Waals surface area (Å²) in [5.74, 6) is 0.563. The average Bonchev–Trinajstić information content (AvgIpc) is 3.22. The van der Waals surface area contributed by atoms with Gasteiger partial charge in [-0.1, -0.05) is 36.4 Å². The summed E-state index contributed by atoms with van der Waals surface area (Å²) in [6.45, 7) is 2.75. The van der Waals surface area contributed by atoms with Gasteiger partial charge in [-0.25, -0.2) is 4.98 Å². The van der Waals surface area contributed by atoms with Crippen LogP contribution in [0.4, 0.5) is 0 Å². The van der Waals surface area contributed by atoms with Gasteiger partial charge < -0.3 is 15.0 Å². The van der Waals surface area contributed by atoms with Crippen molar-refractivity contribution in [1.29, 1.82) is 0 Å². The molecular formula is C22H24N4O2. The molecule has 1 aliphatic heterocycles. The number of nitrogens with two attached hydrogens (primary N) is 1. The Morgan fingerprint density at radius 1 is 1.14 bits per heavy atom. The molecule has 2 N–H and O–H groups in total. The number of imidazole rings is 1. The minimum Gasteiger partial charge on any atom is -0.492 e. The van der Waals surface area contributed by atoms with Crippen molar-refractivity contribution in [3.63, 3.8) is 0 Å². The van der Waals surface area contributed by atoms with Gasteiger partial charge in [-0.15, -0.1) is 0 Å². The molecule has 3 aromatic rings. The van der Waals surface area contributed by atoms with Gasteiger partial charge in [-0.2, -0.15) is 0 Å². The fourth-order valence-corrected chi connectivity index (χ4v) is 3.64. The molecule has 1 amide bonds. The van der Waals surface area contributed by atoms with Crippen molar-refractivity contribution in [1.82, 2.24) is 14.5 Å². The van der Waals surface area contributed by atoms with E-state index < -0.39 is 0 Å². The third kappa shape index (κ3) is 4.23. The lowest BCUT2D eigenvalue weighted by atomic mass is 9.93. The van der Waals surface area contributed by atoms with Crippen LogP contribution in [0.25, 0.3) is 0 Å². The van der Waals surface area contributed by atoms with Gasteiger partial charge in [0, 0.05) is 25.5 Å². The van der Waals surface area contributed by atoms with E-state index in [-0.39, 0.29) is 11.9 Å². The third-order valence-electron chi connectivity index (χ3n) is 5.16. The first-order valence-corrected chi connectivity index (χ1v) is 9.46. The van der Waals surface area contributed by atoms with Crippen LogP contribution >= 0.6 is 0 Å². The maximum absolute atomic E-state index is 12.0. The zero-order valence-electron chi connectivity index (χ0n) is 15.7. The number of hydrogen-bond donors (Lipinski definition) is 1. The molecule has 0 unspecified atom stereocenters. The highest BCUT2D eigenvalue weighted by atomic mass is 16.5. The molecular weight excluding hydrogens is 352 g/mol. The van der Waals surface area contributed by atoms with Crippen LogP contribution in [0.5, 0.6) is 5.75 Å². The number of hydrogen-bond acceptors (Lipinski definition) is 4. The second-order valence-electron chi connectivity index (χ2n) is 7.09. The predicted molar refractivity (Wildman–Crippen MR) is 107 cm³/mol. The maximum atomic E-state index is 12.0. The van der Waals surface area contributed by atoms with Crippen LogP contribution in [0, 0.1) is 0 Å². The van der Waals surface area contributed by atoms with Crippen LogP contribution in [0.3, 0.4) is 0 Å². The minimum absolute atomic E-state index is 0.269. The molecule has 1 aromatic heterocycles. The number of rotatable bonds is 7. The van der Waals surface area contributed by atoms with Crippen LogP contribution < -0.4 is 10.5 Å². The lowest BCUT2D eigenvalue weighted by molar-refractivity contribution is -0.124. The van der Waals surface area contributed by atoms with Gasteiger partial charge in [0.1, 0.15) is 12.4 Å². The minimum atomic E-state index is -0.277. The van der Waals surface area contributed by atoms with Crippen molar-refractivity contribution in [3.05, 3.63) is 83.9 Å². The van der Waals surface area contributed by atoms with Crippen molar-refractivity contribution in [3.8, 4) is 5.75 Å². The molecule has 1 aliphatic rings. The zero-order valence-corrected chi connectivity index (χ0v) is 15.7. The monoisotopic (exact) mass is 376 g/mol. The van der Waals surface area contributed by atoms with Crippen molar-refractivity contribution in [2.24, 2.45) is 5.73 Å². The quantitative estimate of drug-likeness (QED) is 0.687. The Labute approximate surface area is 164 Å². The Hall–Kier alpha value is -3.12. The van der Waals surface area contributed by atoms with Gasteiger partial charge in [0.15, 0.2) is 0 Å². The molecule has 0 fully saturated rings. The van der Waals surface area contributed by atoms with Crippen molar-refractivity contribution in [2.45, 2.75) is 32.1 Å². The summed E-state index contributed by atoms with van der Waals surface area (Å²) in [6, 6.07) is 16.0. The number of carbonyl (C=O) groups excluding carboxylic acids is 1. The molecule has 0 bridgehead atoms. The number of fused-ring (bicyclic) bond motifs is 1. The van der Waals surface area contributed by atoms with Gasteiger partial charge >= 0.3 is 0 Å². The molecule has 0 saturated carbocycles. The first kappa shape index (κ1) is 18.3. The third-order valence-corrected chi connectivity index (χ3v) is 5.16. The Morgan fingerprint density at radius 3 is 2.64 bits per heavy atom. The fraction of sp³-hybridized carbons (Fsp3) is 0.273. The van der Waals surface area contributed by atoms with Crippen LogP contribution in [0.2, 0.25) is 0 Å². The average molecular weight is 376 g/mol. The second kappa shape index (κ2) is 8.27. The van der Waals surface area contributed by atoms with E-state index >= 15 is 0 Å². The normalized spacial score (nSPS) is 16.5. The van der Waals surface area contributed by atoms with Crippen LogP contribution in [-0.4, -0.2) is 33.0 Å². The zero-order chi connectivity index (χ0) is 19.3. The molecule has 0 aliphatic carbocycles. The highest BCUT2D eigenvalue weighted by molar-refractivity contribution is 5.80. The van der Waals surface area contributed by atoms with Gasteiger partial charge in [-0.3, -0.25) is 9.69 Å². The maximum Gasteiger partial charge on any atom is 0.235 e. The standard InChI is InChI=1S/C22H24N4O2/c23-22(27)21-13-18-3-1-2-4-19(18)15-26(21)14-17-5-7-20(8-6-17)28-12-11-25-10-9-24-16-25/h1-10,16,21H,11-15H2,(H2,23,27)/t21-/m0/s1. The Balaban J connectivity index is 1.38. The lowest BCUT2D eigenvalue weighted by Crippen LogP contribution is -2.48. The van der Waals surface area contributed by atoms with Crippen LogP contribution in [0.1, 0.15) is 16.7 Å². The molecule has 6 nitrogen and oxygen atoms in total. The summed E-state index contributed by atoms with van der Waals surface area (Å²) in [6.07, 6.45) is 6.12. The topological polar surface area (TPSA) is 73.4 Å². The smallest absolute Gasteiger partial charge is 0.235 e. The summed E-state index contributed by atoms with van der Waals surface area (Å²) >= 11 is 0. The van der Waals surface area contributed by atoms with E-state index in [0.29, 0.717) is 19.6 Å². The Morgan fingerprint density at radius 2 is 1.93 bits per heavy atom. The summed E-state index contributed by atoms with van der Waals surface area (Å²) < 4.78 is 7.77. The van der Waals surface area contributed by atoms with E-state index in [1.165, 1.54) is 11.1 Å². The van der Waals surface area contributed by atoms with Gasteiger partial charge in [0.2, 0.25) is 5.91 Å². The van der Waals surface area contributed by atoms with Crippen molar-refractivity contribution >= 4 is 5.91 Å². The molecule has 144 valence electrons. The van der Waals surface area contributed by atoms with Crippen molar-refractivity contribution < 1.29 is 9.53 Å². The van der Waals surface area contributed by atoms with Crippen LogP contribution in [-0.2, 0) is 30.8 Å². The van der Waals surface area contributed by atoms with E-state index in [9.17, 15) is 4.79 Å². The van der Waals surface area contributed by atoms with Gasteiger partial charge in [-0.05, 0) is 35.2 Å². The molecule has 2 heterocycles. The summed E-state index contributed by atoms with van der Waals surface area (Å²) in [4.78, 5) is 18.2. The number of amides is 1. The largest absolute Gasteiger partial charge is 0.492 e. The van der Waals surface area contributed by atoms with Gasteiger partial charge in [0.25, 0.3) is 0 Å². The molecule has 4 rings (SSSR count). The van der Waals surface area contributed by atoms with Crippen molar-refractivity contribution in [2.75, 3.05) is 6.61 Å². The summed E-state index contributed by atoms with van der Waals surface area (Å²) in [5.41, 5.74) is 9.29. The SMILES string of the molecule is NC(=O)[C@@H]1Cc2ccccc2CN1Cc1ccc(OCCn2ccnc2)cc1. The van der Waals surface area contributed by atoms with E-state index in [1.54, 1.807) is 12.5 Å². The molecule has 28 heavy (non-hydrogen) atoms. The fourth-order valence-electron chi connectivity index (χ4n) is 3.64. The first-order valence-electron chi connectivity index (χ1n) is 9.46. The first-order chi connectivity index (χ1) is 13.7. The highest BCUT2D eigenvalue weighted by Gasteiger charge is 2.29. The number of carbonyl (C=O) groups is 1. The Bertz CT molecular complexity index is 922. The number of nitrogens with zero attached hydrogens (tertiary/aromatic N) is 3. The Kier molecular flexibility index (Phi) is 5.39. The lowest BCUT2D eigenvalue weighted by Gasteiger charge is -2.35. The van der Waals surface area contributed by atoms with Crippen LogP contribution in [0.15, 0.2) is 67.3 Å². The van der Waals surface area contributed by atoms with E-state index in [1.807, 2.05) is 47.2 Å². The predicted octanol–water partition coefficient (Wildman–Crippen LogP) is 2.37. The van der Waals surface area contributed by atoms with E-state index in [4.69, 9.17) is 10.5 Å². The van der Waals surface area contributed by atoms with Gasteiger partial charge in [0.05, 0.1) is 18.9 Å². The number of aromatic nitrogens is 2. The molecule has 0 saturated heterocycles. The highest BCUT2D eigenvalue weighted by Crippen LogP contribution is 2.25. The molecule has 0 radical (unpaired) electrons. The summed E-state index contributed by atoms with van der Waals surface area (Å²) in [7, 11) is 0. The second-order valence-corrected chi connectivity index (χ2v) is 7.09.